The fourth-order valence-electron chi connectivity index (χ4n) is 2.67. The fraction of sp³-hybridized carbons (Fsp3) is 0.118. The first-order valence-corrected chi connectivity index (χ1v) is 8.03. The molecular formula is C17H17N9. The van der Waals surface area contributed by atoms with Crippen LogP contribution >= 0.6 is 0 Å². The zero-order chi connectivity index (χ0) is 17.9. The van der Waals surface area contributed by atoms with Gasteiger partial charge in [0.2, 0.25) is 5.65 Å². The molecule has 3 aromatic heterocycles. The molecule has 0 radical (unpaired) electrons. The van der Waals surface area contributed by atoms with Crippen LogP contribution in [-0.2, 0) is 6.54 Å². The van der Waals surface area contributed by atoms with Gasteiger partial charge in [-0.1, -0.05) is 17.3 Å². The molecule has 3 heterocycles. The SMILES string of the molecule is N/C=C\C(N)Nc1cnc2nnn(Cc3ccc4ncccc4c3)c2n1. The second kappa shape index (κ2) is 6.73. The van der Waals surface area contributed by atoms with E-state index in [4.69, 9.17) is 11.5 Å². The smallest absolute Gasteiger partial charge is 0.221 e. The van der Waals surface area contributed by atoms with Gasteiger partial charge < -0.3 is 16.8 Å². The molecule has 9 heteroatoms. The summed E-state index contributed by atoms with van der Waals surface area (Å²) in [5.74, 6) is 0.523. The van der Waals surface area contributed by atoms with E-state index in [1.54, 1.807) is 23.2 Å². The molecule has 1 aromatic carbocycles. The lowest BCUT2D eigenvalue weighted by atomic mass is 10.1. The van der Waals surface area contributed by atoms with Crippen molar-refractivity contribution >= 4 is 28.0 Å². The molecule has 26 heavy (non-hydrogen) atoms. The minimum atomic E-state index is -0.455. The molecule has 0 fully saturated rings. The Morgan fingerprint density at radius 2 is 2.15 bits per heavy atom. The van der Waals surface area contributed by atoms with Crippen molar-refractivity contribution in [1.29, 1.82) is 0 Å². The quantitative estimate of drug-likeness (QED) is 0.455. The van der Waals surface area contributed by atoms with Crippen LogP contribution < -0.4 is 16.8 Å². The van der Waals surface area contributed by atoms with Crippen molar-refractivity contribution in [3.05, 3.63) is 60.6 Å². The Hall–Kier alpha value is -3.59. The Bertz CT molecular complexity index is 1090. The molecule has 0 spiro atoms. The van der Waals surface area contributed by atoms with E-state index in [1.807, 2.05) is 24.3 Å². The fourth-order valence-corrected chi connectivity index (χ4v) is 2.67. The summed E-state index contributed by atoms with van der Waals surface area (Å²) in [6, 6.07) is 10.0. The molecule has 1 unspecified atom stereocenters. The molecule has 0 bridgehead atoms. The molecule has 130 valence electrons. The van der Waals surface area contributed by atoms with Crippen molar-refractivity contribution in [1.82, 2.24) is 29.9 Å². The number of hydrogen-bond acceptors (Lipinski definition) is 8. The maximum atomic E-state index is 5.86. The third-order valence-electron chi connectivity index (χ3n) is 3.86. The van der Waals surface area contributed by atoms with E-state index in [2.05, 4.69) is 36.6 Å². The first kappa shape index (κ1) is 15.9. The van der Waals surface area contributed by atoms with Gasteiger partial charge in [-0.15, -0.1) is 5.10 Å². The molecule has 0 aliphatic carbocycles. The van der Waals surface area contributed by atoms with Gasteiger partial charge in [0.15, 0.2) is 5.65 Å². The first-order chi connectivity index (χ1) is 12.7. The van der Waals surface area contributed by atoms with Crippen molar-refractivity contribution in [2.24, 2.45) is 11.5 Å². The monoisotopic (exact) mass is 347 g/mol. The Morgan fingerprint density at radius 3 is 3.04 bits per heavy atom. The molecule has 0 aliphatic heterocycles. The van der Waals surface area contributed by atoms with Gasteiger partial charge in [0.05, 0.1) is 24.4 Å². The summed E-state index contributed by atoms with van der Waals surface area (Å²) >= 11 is 0. The number of rotatable bonds is 5. The molecule has 1 atom stereocenters. The number of nitrogens with one attached hydrogen (secondary N) is 1. The summed E-state index contributed by atoms with van der Waals surface area (Å²) in [6.07, 6.45) is 5.88. The average molecular weight is 347 g/mol. The Labute approximate surface area is 148 Å². The summed E-state index contributed by atoms with van der Waals surface area (Å²) in [5, 5.41) is 12.3. The van der Waals surface area contributed by atoms with Crippen LogP contribution in [0.4, 0.5) is 5.82 Å². The lowest BCUT2D eigenvalue weighted by Crippen LogP contribution is -2.27. The zero-order valence-electron chi connectivity index (χ0n) is 13.8. The maximum absolute atomic E-state index is 5.86. The lowest BCUT2D eigenvalue weighted by molar-refractivity contribution is 0.664. The van der Waals surface area contributed by atoms with E-state index in [1.165, 1.54) is 6.20 Å². The summed E-state index contributed by atoms with van der Waals surface area (Å²) in [4.78, 5) is 13.1. The minimum Gasteiger partial charge on any atom is -0.405 e. The van der Waals surface area contributed by atoms with E-state index >= 15 is 0 Å². The second-order valence-corrected chi connectivity index (χ2v) is 5.74. The number of benzene rings is 1. The Morgan fingerprint density at radius 1 is 1.23 bits per heavy atom. The van der Waals surface area contributed by atoms with Crippen LogP contribution in [0.1, 0.15) is 5.56 Å². The topological polar surface area (TPSA) is 133 Å². The Balaban J connectivity index is 1.64. The Kier molecular flexibility index (Phi) is 4.12. The van der Waals surface area contributed by atoms with Gasteiger partial charge in [0, 0.05) is 11.6 Å². The molecule has 0 saturated carbocycles. The minimum absolute atomic E-state index is 0.455. The van der Waals surface area contributed by atoms with Crippen molar-refractivity contribution < 1.29 is 0 Å². The van der Waals surface area contributed by atoms with Gasteiger partial charge in [-0.3, -0.25) is 4.98 Å². The maximum Gasteiger partial charge on any atom is 0.221 e. The van der Waals surface area contributed by atoms with Crippen molar-refractivity contribution in [2.75, 3.05) is 5.32 Å². The predicted molar refractivity (Wildman–Crippen MR) is 98.9 cm³/mol. The molecule has 9 nitrogen and oxygen atoms in total. The standard InChI is InChI=1S/C17H17N9/c18-6-5-14(19)22-15-9-21-16-17(23-15)26(25-24-16)10-11-3-4-13-12(8-11)2-1-7-20-13/h1-9,14H,10,18-19H2,(H,22,23)/b6-5-. The third-order valence-corrected chi connectivity index (χ3v) is 3.86. The largest absolute Gasteiger partial charge is 0.405 e. The van der Waals surface area contributed by atoms with Crippen molar-refractivity contribution in [3.63, 3.8) is 0 Å². The third kappa shape index (κ3) is 3.15. The van der Waals surface area contributed by atoms with Crippen LogP contribution in [0.15, 0.2) is 55.0 Å². The average Bonchev–Trinajstić information content (AvgIpc) is 3.04. The summed E-state index contributed by atoms with van der Waals surface area (Å²) < 4.78 is 1.70. The number of hydrogen-bond donors (Lipinski definition) is 3. The van der Waals surface area contributed by atoms with E-state index in [9.17, 15) is 0 Å². The van der Waals surface area contributed by atoms with Crippen LogP contribution in [0.2, 0.25) is 0 Å². The van der Waals surface area contributed by atoms with Crippen LogP contribution in [0.3, 0.4) is 0 Å². The van der Waals surface area contributed by atoms with E-state index in [-0.39, 0.29) is 0 Å². The van der Waals surface area contributed by atoms with Crippen molar-refractivity contribution in [2.45, 2.75) is 12.7 Å². The molecule has 4 aromatic rings. The van der Waals surface area contributed by atoms with Gasteiger partial charge in [0.25, 0.3) is 0 Å². The van der Waals surface area contributed by atoms with E-state index in [0.29, 0.717) is 23.7 Å². The number of pyridine rings is 1. The van der Waals surface area contributed by atoms with Gasteiger partial charge >= 0.3 is 0 Å². The van der Waals surface area contributed by atoms with Crippen molar-refractivity contribution in [3.8, 4) is 0 Å². The highest BCUT2D eigenvalue weighted by atomic mass is 15.5. The lowest BCUT2D eigenvalue weighted by Gasteiger charge is -2.09. The van der Waals surface area contributed by atoms with E-state index < -0.39 is 6.17 Å². The molecule has 0 amide bonds. The molecule has 5 N–H and O–H groups in total. The van der Waals surface area contributed by atoms with Gasteiger partial charge in [0.1, 0.15) is 5.82 Å². The highest BCUT2D eigenvalue weighted by Crippen LogP contribution is 2.16. The summed E-state index contributed by atoms with van der Waals surface area (Å²) in [6.45, 7) is 0.522. The summed E-state index contributed by atoms with van der Waals surface area (Å²) in [5.41, 5.74) is 14.3. The van der Waals surface area contributed by atoms with Crippen LogP contribution in [0, 0.1) is 0 Å². The van der Waals surface area contributed by atoms with Gasteiger partial charge in [-0.05, 0) is 36.0 Å². The second-order valence-electron chi connectivity index (χ2n) is 5.74. The normalized spacial score (nSPS) is 12.8. The highest BCUT2D eigenvalue weighted by molar-refractivity contribution is 5.79. The highest BCUT2D eigenvalue weighted by Gasteiger charge is 2.10. The van der Waals surface area contributed by atoms with Crippen LogP contribution in [-0.4, -0.2) is 36.1 Å². The van der Waals surface area contributed by atoms with Crippen LogP contribution in [0.5, 0.6) is 0 Å². The molecular weight excluding hydrogens is 330 g/mol. The molecule has 0 saturated heterocycles. The molecule has 0 aliphatic rings. The van der Waals surface area contributed by atoms with Gasteiger partial charge in [-0.25, -0.2) is 14.6 Å². The number of aromatic nitrogens is 6. The van der Waals surface area contributed by atoms with Gasteiger partial charge in [-0.2, -0.15) is 0 Å². The number of fused-ring (bicyclic) bond motifs is 2. The molecule has 4 rings (SSSR count). The number of anilines is 1. The summed E-state index contributed by atoms with van der Waals surface area (Å²) in [7, 11) is 0. The van der Waals surface area contributed by atoms with E-state index in [0.717, 1.165) is 16.5 Å². The number of nitrogens with two attached hydrogens (primary N) is 2. The van der Waals surface area contributed by atoms with Crippen LogP contribution in [0.25, 0.3) is 22.2 Å². The predicted octanol–water partition coefficient (Wildman–Crippen LogP) is 0.987. The number of nitrogens with zero attached hydrogens (tertiary/aromatic N) is 6. The zero-order valence-corrected chi connectivity index (χ0v) is 13.8. The first-order valence-electron chi connectivity index (χ1n) is 8.03.